The van der Waals surface area contributed by atoms with Crippen molar-refractivity contribution in [2.24, 2.45) is 23.5 Å². The van der Waals surface area contributed by atoms with Crippen LogP contribution in [0.25, 0.3) is 0 Å². The number of hydrogen-bond acceptors (Lipinski definition) is 3. The molecule has 3 N–H and O–H groups in total. The summed E-state index contributed by atoms with van der Waals surface area (Å²) in [4.78, 5) is 0. The molecule has 4 saturated carbocycles. The Labute approximate surface area is 120 Å². The molecule has 1 unspecified atom stereocenters. The van der Waals surface area contributed by atoms with Gasteiger partial charge in [-0.25, -0.2) is 0 Å². The van der Waals surface area contributed by atoms with Crippen molar-refractivity contribution in [1.82, 2.24) is 9.78 Å². The van der Waals surface area contributed by atoms with Crippen LogP contribution in [-0.2, 0) is 5.54 Å². The summed E-state index contributed by atoms with van der Waals surface area (Å²) in [5.74, 6) is 2.75. The van der Waals surface area contributed by atoms with E-state index in [-0.39, 0.29) is 18.2 Å². The van der Waals surface area contributed by atoms with Gasteiger partial charge in [-0.3, -0.25) is 4.68 Å². The van der Waals surface area contributed by atoms with Crippen molar-refractivity contribution in [1.29, 1.82) is 0 Å². The van der Waals surface area contributed by atoms with Crippen molar-refractivity contribution < 1.29 is 5.11 Å². The highest BCUT2D eigenvalue weighted by molar-refractivity contribution is 5.23. The molecule has 1 aromatic rings. The topological polar surface area (TPSA) is 64.1 Å². The molecular formula is C16H25N3O. The molecule has 0 amide bonds. The molecule has 4 nitrogen and oxygen atoms in total. The van der Waals surface area contributed by atoms with Crippen LogP contribution in [-0.4, -0.2) is 21.5 Å². The second kappa shape index (κ2) is 4.31. The Morgan fingerprint density at radius 1 is 1.30 bits per heavy atom. The number of rotatable bonds is 3. The molecule has 4 fully saturated rings. The minimum absolute atomic E-state index is 0.00654. The Morgan fingerprint density at radius 3 is 2.35 bits per heavy atom. The lowest BCUT2D eigenvalue weighted by Crippen LogP contribution is -2.52. The normalized spacial score (nSPS) is 40.2. The maximum atomic E-state index is 9.29. The van der Waals surface area contributed by atoms with E-state index in [1.807, 2.05) is 6.20 Å². The van der Waals surface area contributed by atoms with E-state index >= 15 is 0 Å². The van der Waals surface area contributed by atoms with Crippen molar-refractivity contribution in [2.45, 2.75) is 57.0 Å². The molecule has 4 heteroatoms. The second-order valence-corrected chi connectivity index (χ2v) is 7.53. The number of aromatic nitrogens is 2. The van der Waals surface area contributed by atoms with Gasteiger partial charge in [0.2, 0.25) is 0 Å². The van der Waals surface area contributed by atoms with E-state index in [0.29, 0.717) is 0 Å². The van der Waals surface area contributed by atoms with Crippen LogP contribution >= 0.6 is 0 Å². The molecule has 0 aliphatic heterocycles. The van der Waals surface area contributed by atoms with Crippen LogP contribution in [0, 0.1) is 24.7 Å². The van der Waals surface area contributed by atoms with Gasteiger partial charge in [-0.15, -0.1) is 0 Å². The summed E-state index contributed by atoms with van der Waals surface area (Å²) in [5.41, 5.74) is 8.44. The van der Waals surface area contributed by atoms with Crippen LogP contribution in [0.1, 0.15) is 55.8 Å². The third-order valence-corrected chi connectivity index (χ3v) is 6.10. The molecular weight excluding hydrogens is 250 g/mol. The first-order valence-corrected chi connectivity index (χ1v) is 8.03. The Kier molecular flexibility index (Phi) is 2.77. The minimum Gasteiger partial charge on any atom is -0.394 e. The number of aliphatic hydroxyl groups is 1. The molecule has 4 bridgehead atoms. The maximum Gasteiger partial charge on any atom is 0.0638 e. The van der Waals surface area contributed by atoms with Gasteiger partial charge in [0.1, 0.15) is 0 Å². The van der Waals surface area contributed by atoms with Gasteiger partial charge in [0.25, 0.3) is 0 Å². The van der Waals surface area contributed by atoms with Crippen molar-refractivity contribution in [2.75, 3.05) is 6.61 Å². The summed E-state index contributed by atoms with van der Waals surface area (Å²) in [7, 11) is 0. The lowest BCUT2D eigenvalue weighted by atomic mass is 9.53. The number of hydrogen-bond donors (Lipinski definition) is 2. The molecule has 0 spiro atoms. The predicted octanol–water partition coefficient (Wildman–Crippen LogP) is 2.11. The summed E-state index contributed by atoms with van der Waals surface area (Å²) in [5, 5.41) is 14.0. The van der Waals surface area contributed by atoms with E-state index in [1.54, 1.807) is 0 Å². The van der Waals surface area contributed by atoms with Gasteiger partial charge in [-0.05, 0) is 63.2 Å². The molecule has 1 atom stereocenters. The first kappa shape index (κ1) is 12.8. The summed E-state index contributed by atoms with van der Waals surface area (Å²) in [6.45, 7) is 2.11. The monoisotopic (exact) mass is 275 g/mol. The Hall–Kier alpha value is -0.870. The largest absolute Gasteiger partial charge is 0.394 e. The number of nitrogens with zero attached hydrogens (tertiary/aromatic N) is 2. The molecule has 20 heavy (non-hydrogen) atoms. The maximum absolute atomic E-state index is 9.29. The van der Waals surface area contributed by atoms with E-state index < -0.39 is 0 Å². The van der Waals surface area contributed by atoms with Crippen LogP contribution in [0.4, 0.5) is 0 Å². The molecule has 0 radical (unpaired) electrons. The van der Waals surface area contributed by atoms with E-state index in [0.717, 1.165) is 23.3 Å². The second-order valence-electron chi connectivity index (χ2n) is 7.53. The first-order chi connectivity index (χ1) is 9.61. The molecule has 1 heterocycles. The minimum atomic E-state index is -0.294. The average molecular weight is 275 g/mol. The predicted molar refractivity (Wildman–Crippen MR) is 77.1 cm³/mol. The van der Waals surface area contributed by atoms with Gasteiger partial charge in [0.05, 0.1) is 24.4 Å². The van der Waals surface area contributed by atoms with Crippen molar-refractivity contribution >= 4 is 0 Å². The highest BCUT2D eigenvalue weighted by Gasteiger charge is 2.52. The quantitative estimate of drug-likeness (QED) is 0.888. The van der Waals surface area contributed by atoms with Crippen LogP contribution in [0.5, 0.6) is 0 Å². The fraction of sp³-hybridized carbons (Fsp3) is 0.812. The van der Waals surface area contributed by atoms with Crippen LogP contribution in [0.3, 0.4) is 0 Å². The van der Waals surface area contributed by atoms with Crippen molar-refractivity contribution in [3.8, 4) is 0 Å². The van der Waals surface area contributed by atoms with Gasteiger partial charge < -0.3 is 10.8 Å². The third kappa shape index (κ3) is 1.70. The molecule has 110 valence electrons. The van der Waals surface area contributed by atoms with Crippen LogP contribution in [0.2, 0.25) is 0 Å². The van der Waals surface area contributed by atoms with Crippen LogP contribution < -0.4 is 5.73 Å². The standard InChI is InChI=1S/C16H25N3O/c1-10-14(15(17)9-20)8-18-19(10)16-5-11-2-12(6-16)4-13(3-11)7-16/h8,11-13,15,20H,2-7,9,17H2,1H3. The SMILES string of the molecule is Cc1c(C(N)CO)cnn1C12CC3CC(CC(C3)C1)C2. The first-order valence-electron chi connectivity index (χ1n) is 8.03. The van der Waals surface area contributed by atoms with E-state index in [1.165, 1.54) is 44.2 Å². The van der Waals surface area contributed by atoms with Gasteiger partial charge in [-0.1, -0.05) is 0 Å². The fourth-order valence-electron chi connectivity index (χ4n) is 5.69. The number of nitrogens with two attached hydrogens (primary N) is 1. The smallest absolute Gasteiger partial charge is 0.0638 e. The third-order valence-electron chi connectivity index (χ3n) is 6.10. The highest BCUT2D eigenvalue weighted by atomic mass is 16.3. The molecule has 5 rings (SSSR count). The summed E-state index contributed by atoms with van der Waals surface area (Å²) in [6.07, 6.45) is 10.1. The average Bonchev–Trinajstić information content (AvgIpc) is 2.79. The summed E-state index contributed by atoms with van der Waals surface area (Å²) < 4.78 is 2.28. The zero-order valence-corrected chi connectivity index (χ0v) is 12.3. The molecule has 0 saturated heterocycles. The molecule has 0 aromatic carbocycles. The lowest BCUT2D eigenvalue weighted by molar-refractivity contribution is -0.0504. The Bertz CT molecular complexity index is 487. The Morgan fingerprint density at radius 2 is 1.85 bits per heavy atom. The highest BCUT2D eigenvalue weighted by Crippen LogP contribution is 2.58. The molecule has 4 aliphatic rings. The number of aliphatic hydroxyl groups excluding tert-OH is 1. The lowest BCUT2D eigenvalue weighted by Gasteiger charge is -2.57. The Balaban J connectivity index is 1.72. The van der Waals surface area contributed by atoms with Crippen molar-refractivity contribution in [3.05, 3.63) is 17.5 Å². The van der Waals surface area contributed by atoms with Crippen LogP contribution in [0.15, 0.2) is 6.20 Å². The summed E-state index contributed by atoms with van der Waals surface area (Å²) >= 11 is 0. The fourth-order valence-corrected chi connectivity index (χ4v) is 5.69. The van der Waals surface area contributed by atoms with Gasteiger partial charge in [0.15, 0.2) is 0 Å². The van der Waals surface area contributed by atoms with Gasteiger partial charge in [-0.2, -0.15) is 5.10 Å². The van der Waals surface area contributed by atoms with E-state index in [4.69, 9.17) is 10.8 Å². The summed E-state index contributed by atoms with van der Waals surface area (Å²) in [6, 6.07) is -0.294. The molecule has 4 aliphatic carbocycles. The van der Waals surface area contributed by atoms with Crippen molar-refractivity contribution in [3.63, 3.8) is 0 Å². The molecule has 1 aromatic heterocycles. The zero-order valence-electron chi connectivity index (χ0n) is 12.3. The van der Waals surface area contributed by atoms with E-state index in [2.05, 4.69) is 11.6 Å². The van der Waals surface area contributed by atoms with E-state index in [9.17, 15) is 5.11 Å². The van der Waals surface area contributed by atoms with Gasteiger partial charge >= 0.3 is 0 Å². The van der Waals surface area contributed by atoms with Gasteiger partial charge in [0, 0.05) is 11.3 Å². The zero-order chi connectivity index (χ0) is 13.9.